The van der Waals surface area contributed by atoms with Crippen LogP contribution in [-0.4, -0.2) is 53.6 Å². The molecule has 1 spiro atoms. The molecule has 0 N–H and O–H groups in total. The molecule has 3 aliphatic rings. The summed E-state index contributed by atoms with van der Waals surface area (Å²) in [5.74, 6) is -0.176. The van der Waals surface area contributed by atoms with E-state index in [9.17, 15) is 4.79 Å². The molecular formula is C25H28N4O2S. The fourth-order valence-electron chi connectivity index (χ4n) is 5.66. The largest absolute Gasteiger partial charge is 0.457 e. The van der Waals surface area contributed by atoms with Gasteiger partial charge in [-0.25, -0.2) is 14.8 Å². The number of nitrogens with zero attached hydrogens (tertiary/aromatic N) is 4. The summed E-state index contributed by atoms with van der Waals surface area (Å²) >= 11 is 1.79. The van der Waals surface area contributed by atoms with Crippen molar-refractivity contribution in [2.45, 2.75) is 39.2 Å². The van der Waals surface area contributed by atoms with Crippen LogP contribution in [0, 0.1) is 12.3 Å². The molecule has 32 heavy (non-hydrogen) atoms. The smallest absolute Gasteiger partial charge is 0.338 e. The Kier molecular flexibility index (Phi) is 4.91. The summed E-state index contributed by atoms with van der Waals surface area (Å²) in [4.78, 5) is 26.6. The number of benzene rings is 1. The standard InChI is InChI=1S/C25H28N4O2S/c1-17-18(2-3-20-21(17)14-31-24(20)30)4-8-28-9-5-25(6-10-28)7-11-29(15-25)22-12-19-13-26-16-27-23(19)32-22/h2-3,12-13,16H,4-11,14-15H2,1H3. The van der Waals surface area contributed by atoms with Gasteiger partial charge in [-0.3, -0.25) is 0 Å². The molecule has 166 valence electrons. The number of esters is 1. The number of hydrogen-bond acceptors (Lipinski definition) is 7. The Hall–Kier alpha value is -2.51. The second-order valence-electron chi connectivity index (χ2n) is 9.58. The average Bonchev–Trinajstić information content (AvgIpc) is 3.52. The summed E-state index contributed by atoms with van der Waals surface area (Å²) < 4.78 is 5.21. The minimum atomic E-state index is -0.176. The summed E-state index contributed by atoms with van der Waals surface area (Å²) in [5.41, 5.74) is 4.88. The molecule has 3 aromatic rings. The number of piperidine rings is 1. The Morgan fingerprint density at radius 2 is 2.03 bits per heavy atom. The molecule has 5 heterocycles. The van der Waals surface area contributed by atoms with Gasteiger partial charge in [-0.15, -0.1) is 0 Å². The molecule has 1 aromatic carbocycles. The van der Waals surface area contributed by atoms with Gasteiger partial charge in [0.05, 0.1) is 10.6 Å². The van der Waals surface area contributed by atoms with E-state index >= 15 is 0 Å². The van der Waals surface area contributed by atoms with Crippen LogP contribution in [0.15, 0.2) is 30.7 Å². The molecule has 2 aromatic heterocycles. The van der Waals surface area contributed by atoms with Crippen molar-refractivity contribution in [3.63, 3.8) is 0 Å². The van der Waals surface area contributed by atoms with Crippen molar-refractivity contribution in [3.8, 4) is 0 Å². The summed E-state index contributed by atoms with van der Waals surface area (Å²) in [5, 5.41) is 2.50. The van der Waals surface area contributed by atoms with Crippen molar-refractivity contribution in [1.82, 2.24) is 14.9 Å². The predicted octanol–water partition coefficient (Wildman–Crippen LogP) is 4.21. The first-order valence-corrected chi connectivity index (χ1v) is 12.4. The first-order valence-electron chi connectivity index (χ1n) is 11.6. The highest BCUT2D eigenvalue weighted by Crippen LogP contribution is 2.44. The van der Waals surface area contributed by atoms with Gasteiger partial charge < -0.3 is 14.5 Å². The number of ether oxygens (including phenoxy) is 1. The maximum Gasteiger partial charge on any atom is 0.338 e. The lowest BCUT2D eigenvalue weighted by atomic mass is 9.77. The molecule has 0 radical (unpaired) electrons. The van der Waals surface area contributed by atoms with Crippen LogP contribution < -0.4 is 4.90 Å². The fourth-order valence-corrected chi connectivity index (χ4v) is 6.66. The third-order valence-corrected chi connectivity index (χ3v) is 8.94. The van der Waals surface area contributed by atoms with Gasteiger partial charge >= 0.3 is 5.97 Å². The molecule has 0 unspecified atom stereocenters. The first-order chi connectivity index (χ1) is 15.6. The Morgan fingerprint density at radius 3 is 2.88 bits per heavy atom. The predicted molar refractivity (Wildman–Crippen MR) is 126 cm³/mol. The summed E-state index contributed by atoms with van der Waals surface area (Å²) in [7, 11) is 0. The van der Waals surface area contributed by atoms with Crippen molar-refractivity contribution in [3.05, 3.63) is 53.0 Å². The number of thiophene rings is 1. The number of fused-ring (bicyclic) bond motifs is 2. The van der Waals surface area contributed by atoms with Crippen LogP contribution in [0.4, 0.5) is 5.00 Å². The molecule has 2 fully saturated rings. The van der Waals surface area contributed by atoms with Gasteiger partial charge in [0.15, 0.2) is 0 Å². The monoisotopic (exact) mass is 448 g/mol. The first kappa shape index (κ1) is 20.1. The molecule has 0 atom stereocenters. The maximum absolute atomic E-state index is 11.8. The van der Waals surface area contributed by atoms with E-state index in [1.165, 1.54) is 55.0 Å². The van der Waals surface area contributed by atoms with E-state index in [1.807, 2.05) is 12.3 Å². The van der Waals surface area contributed by atoms with Crippen molar-refractivity contribution >= 4 is 32.5 Å². The quantitative estimate of drug-likeness (QED) is 0.558. The van der Waals surface area contributed by atoms with Gasteiger partial charge in [0, 0.05) is 36.8 Å². The number of carbonyl (C=O) groups excluding carboxylic acids is 1. The molecule has 7 heteroatoms. The molecule has 6 nitrogen and oxygen atoms in total. The van der Waals surface area contributed by atoms with E-state index in [1.54, 1.807) is 17.7 Å². The number of likely N-dealkylation sites (tertiary alicyclic amines) is 1. The minimum absolute atomic E-state index is 0.176. The number of hydrogen-bond donors (Lipinski definition) is 0. The molecule has 2 saturated heterocycles. The number of aromatic nitrogens is 2. The van der Waals surface area contributed by atoms with Crippen LogP contribution in [0.5, 0.6) is 0 Å². The molecule has 0 saturated carbocycles. The number of rotatable bonds is 4. The molecular weight excluding hydrogens is 420 g/mol. The van der Waals surface area contributed by atoms with Gasteiger partial charge in [0.1, 0.15) is 17.8 Å². The topological polar surface area (TPSA) is 58.6 Å². The SMILES string of the molecule is Cc1c(CCN2CCC3(CC2)CCN(c2cc4cncnc4s2)C3)ccc2c1COC2=O. The van der Waals surface area contributed by atoms with Crippen molar-refractivity contribution < 1.29 is 9.53 Å². The van der Waals surface area contributed by atoms with Crippen molar-refractivity contribution in [2.24, 2.45) is 5.41 Å². The third-order valence-electron chi connectivity index (χ3n) is 7.82. The lowest BCUT2D eigenvalue weighted by Crippen LogP contribution is -2.42. The van der Waals surface area contributed by atoms with Gasteiger partial charge in [-0.05, 0) is 74.4 Å². The minimum Gasteiger partial charge on any atom is -0.457 e. The number of anilines is 1. The Bertz CT molecular complexity index is 1150. The second-order valence-corrected chi connectivity index (χ2v) is 10.6. The van der Waals surface area contributed by atoms with Gasteiger partial charge in [0.25, 0.3) is 0 Å². The molecule has 3 aliphatic heterocycles. The zero-order valence-corrected chi connectivity index (χ0v) is 19.3. The lowest BCUT2D eigenvalue weighted by molar-refractivity contribution is 0.0535. The van der Waals surface area contributed by atoms with E-state index in [2.05, 4.69) is 38.8 Å². The van der Waals surface area contributed by atoms with Crippen LogP contribution in [0.1, 0.15) is 46.3 Å². The lowest BCUT2D eigenvalue weighted by Gasteiger charge is -2.39. The fraction of sp³-hybridized carbons (Fsp3) is 0.480. The Balaban J connectivity index is 1.06. The maximum atomic E-state index is 11.8. The van der Waals surface area contributed by atoms with Crippen molar-refractivity contribution in [1.29, 1.82) is 0 Å². The van der Waals surface area contributed by atoms with E-state index in [0.717, 1.165) is 40.9 Å². The Labute approximate surface area is 192 Å². The summed E-state index contributed by atoms with van der Waals surface area (Å²) in [6, 6.07) is 6.33. The van der Waals surface area contributed by atoms with E-state index in [-0.39, 0.29) is 5.97 Å². The van der Waals surface area contributed by atoms with Crippen LogP contribution in [0.2, 0.25) is 0 Å². The molecule has 0 aliphatic carbocycles. The van der Waals surface area contributed by atoms with Crippen LogP contribution >= 0.6 is 11.3 Å². The van der Waals surface area contributed by atoms with Gasteiger partial charge in [0.2, 0.25) is 0 Å². The summed E-state index contributed by atoms with van der Waals surface area (Å²) in [6.45, 7) is 8.32. The number of carbonyl (C=O) groups is 1. The normalized spacial score (nSPS) is 20.3. The van der Waals surface area contributed by atoms with E-state index in [0.29, 0.717) is 12.0 Å². The number of cyclic esters (lactones) is 1. The zero-order chi connectivity index (χ0) is 21.7. The van der Waals surface area contributed by atoms with E-state index in [4.69, 9.17) is 4.74 Å². The van der Waals surface area contributed by atoms with Gasteiger partial charge in [-0.1, -0.05) is 17.4 Å². The average molecular weight is 449 g/mol. The molecule has 0 bridgehead atoms. The van der Waals surface area contributed by atoms with Crippen LogP contribution in [0.25, 0.3) is 10.2 Å². The molecule has 0 amide bonds. The molecule has 6 rings (SSSR count). The summed E-state index contributed by atoms with van der Waals surface area (Å²) in [6.07, 6.45) is 8.44. The van der Waals surface area contributed by atoms with Gasteiger partial charge in [-0.2, -0.15) is 0 Å². The van der Waals surface area contributed by atoms with Crippen LogP contribution in [0.3, 0.4) is 0 Å². The highest BCUT2D eigenvalue weighted by Gasteiger charge is 2.41. The highest BCUT2D eigenvalue weighted by molar-refractivity contribution is 7.22. The Morgan fingerprint density at radius 1 is 1.19 bits per heavy atom. The van der Waals surface area contributed by atoms with E-state index < -0.39 is 0 Å². The highest BCUT2D eigenvalue weighted by atomic mass is 32.1. The van der Waals surface area contributed by atoms with Crippen LogP contribution in [-0.2, 0) is 17.8 Å². The zero-order valence-electron chi connectivity index (χ0n) is 18.5. The second kappa shape index (κ2) is 7.81. The van der Waals surface area contributed by atoms with Crippen molar-refractivity contribution in [2.75, 3.05) is 37.6 Å². The third kappa shape index (κ3) is 3.48.